The second-order valence-corrected chi connectivity index (χ2v) is 8.24. The van der Waals surface area contributed by atoms with Gasteiger partial charge in [0.25, 0.3) is 0 Å². The summed E-state index contributed by atoms with van der Waals surface area (Å²) in [5, 5.41) is 3.05. The van der Waals surface area contributed by atoms with Crippen LogP contribution < -0.4 is 10.0 Å². The fraction of sp³-hybridized carbons (Fsp3) is 0.692. The first-order valence-corrected chi connectivity index (χ1v) is 9.06. The second kappa shape index (κ2) is 6.35. The number of aryl methyl sites for hydroxylation is 1. The van der Waals surface area contributed by atoms with E-state index in [2.05, 4.69) is 10.0 Å². The summed E-state index contributed by atoms with van der Waals surface area (Å²) in [6, 6.07) is 1.79. The maximum atomic E-state index is 12.3. The molecular weight excluding hydrogens is 280 g/mol. The lowest BCUT2D eigenvalue weighted by atomic mass is 10.1. The Hall–Kier alpha value is -0.430. The van der Waals surface area contributed by atoms with E-state index >= 15 is 0 Å². The van der Waals surface area contributed by atoms with Crippen molar-refractivity contribution in [2.75, 3.05) is 13.6 Å². The predicted octanol–water partition coefficient (Wildman–Crippen LogP) is 2.24. The first-order valence-electron chi connectivity index (χ1n) is 6.76. The van der Waals surface area contributed by atoms with Gasteiger partial charge in [0, 0.05) is 22.8 Å². The Morgan fingerprint density at radius 1 is 1.37 bits per heavy atom. The summed E-state index contributed by atoms with van der Waals surface area (Å²) in [6.07, 6.45) is 4.76. The van der Waals surface area contributed by atoms with Gasteiger partial charge in [-0.3, -0.25) is 0 Å². The summed E-state index contributed by atoms with van der Waals surface area (Å²) in [6.45, 7) is 3.16. The number of hydrogen-bond donors (Lipinski definition) is 2. The average molecular weight is 302 g/mol. The Morgan fingerprint density at radius 2 is 2.05 bits per heavy atom. The Bertz CT molecular complexity index is 517. The first-order chi connectivity index (χ1) is 9.03. The molecule has 0 radical (unpaired) electrons. The van der Waals surface area contributed by atoms with Crippen LogP contribution in [0.15, 0.2) is 11.0 Å². The molecule has 0 aromatic carbocycles. The van der Waals surface area contributed by atoms with Crippen LogP contribution in [0.2, 0.25) is 0 Å². The van der Waals surface area contributed by atoms with E-state index < -0.39 is 10.0 Å². The van der Waals surface area contributed by atoms with Crippen LogP contribution in [0.25, 0.3) is 0 Å². The van der Waals surface area contributed by atoms with Crippen LogP contribution in [-0.4, -0.2) is 22.0 Å². The Balaban J connectivity index is 2.05. The fourth-order valence-corrected chi connectivity index (χ4v) is 5.33. The maximum absolute atomic E-state index is 12.3. The molecule has 19 heavy (non-hydrogen) atoms. The van der Waals surface area contributed by atoms with Gasteiger partial charge in [-0.1, -0.05) is 12.8 Å². The molecule has 4 nitrogen and oxygen atoms in total. The molecule has 1 aromatic heterocycles. The van der Waals surface area contributed by atoms with Gasteiger partial charge in [-0.15, -0.1) is 11.3 Å². The number of thiophene rings is 1. The predicted molar refractivity (Wildman–Crippen MR) is 79.0 cm³/mol. The highest BCUT2D eigenvalue weighted by molar-refractivity contribution is 7.89. The third kappa shape index (κ3) is 3.78. The van der Waals surface area contributed by atoms with Crippen molar-refractivity contribution in [3.63, 3.8) is 0 Å². The fourth-order valence-electron chi connectivity index (χ4n) is 2.57. The molecular formula is C13H22N2O2S2. The van der Waals surface area contributed by atoms with Gasteiger partial charge in [-0.25, -0.2) is 13.1 Å². The van der Waals surface area contributed by atoms with Crippen molar-refractivity contribution in [1.29, 1.82) is 0 Å². The van der Waals surface area contributed by atoms with Crippen molar-refractivity contribution in [2.24, 2.45) is 5.92 Å². The van der Waals surface area contributed by atoms with Gasteiger partial charge in [-0.05, 0) is 38.8 Å². The second-order valence-electron chi connectivity index (χ2n) is 5.17. The van der Waals surface area contributed by atoms with Crippen LogP contribution in [0.4, 0.5) is 0 Å². The molecule has 0 saturated heterocycles. The lowest BCUT2D eigenvalue weighted by Crippen LogP contribution is -2.28. The van der Waals surface area contributed by atoms with Crippen molar-refractivity contribution in [3.05, 3.63) is 15.8 Å². The van der Waals surface area contributed by atoms with Gasteiger partial charge in [0.2, 0.25) is 10.0 Å². The molecule has 0 spiro atoms. The molecule has 108 valence electrons. The molecule has 1 saturated carbocycles. The minimum Gasteiger partial charge on any atom is -0.315 e. The molecule has 0 amide bonds. The summed E-state index contributed by atoms with van der Waals surface area (Å²) in [5.41, 5.74) is 0. The summed E-state index contributed by atoms with van der Waals surface area (Å²) in [5.74, 6) is 0.519. The van der Waals surface area contributed by atoms with Gasteiger partial charge in [-0.2, -0.15) is 0 Å². The molecule has 1 heterocycles. The number of nitrogens with one attached hydrogen (secondary N) is 2. The number of rotatable bonds is 6. The van der Waals surface area contributed by atoms with Crippen LogP contribution >= 0.6 is 11.3 Å². The van der Waals surface area contributed by atoms with E-state index in [1.54, 1.807) is 17.4 Å². The van der Waals surface area contributed by atoms with E-state index in [0.717, 1.165) is 22.6 Å². The average Bonchev–Trinajstić information content (AvgIpc) is 2.97. The Kier molecular flexibility index (Phi) is 5.00. The van der Waals surface area contributed by atoms with E-state index in [9.17, 15) is 8.42 Å². The minimum atomic E-state index is -3.34. The minimum absolute atomic E-state index is 0.445. The lowest BCUT2D eigenvalue weighted by Gasteiger charge is -2.10. The summed E-state index contributed by atoms with van der Waals surface area (Å²) < 4.78 is 27.4. The van der Waals surface area contributed by atoms with Gasteiger partial charge in [0.05, 0.1) is 4.90 Å². The van der Waals surface area contributed by atoms with Gasteiger partial charge >= 0.3 is 0 Å². The van der Waals surface area contributed by atoms with Crippen LogP contribution in [0.1, 0.15) is 35.4 Å². The standard InChI is InChI=1S/C13H22N2O2S2/c1-10-13(7-12(18-10)9-14-2)19(16,17)15-8-11-5-3-4-6-11/h7,11,14-15H,3-6,8-9H2,1-2H3. The zero-order chi connectivity index (χ0) is 13.9. The monoisotopic (exact) mass is 302 g/mol. The van der Waals surface area contributed by atoms with E-state index in [-0.39, 0.29) is 0 Å². The molecule has 0 unspecified atom stereocenters. The Labute approximate surface area is 119 Å². The van der Waals surface area contributed by atoms with Gasteiger partial charge in [0.15, 0.2) is 0 Å². The Morgan fingerprint density at radius 3 is 2.68 bits per heavy atom. The molecule has 1 aliphatic rings. The molecule has 1 aliphatic carbocycles. The molecule has 0 bridgehead atoms. The highest BCUT2D eigenvalue weighted by Gasteiger charge is 2.22. The third-order valence-electron chi connectivity index (χ3n) is 3.60. The maximum Gasteiger partial charge on any atom is 0.241 e. The topological polar surface area (TPSA) is 58.2 Å². The summed E-state index contributed by atoms with van der Waals surface area (Å²) in [4.78, 5) is 2.37. The van der Waals surface area contributed by atoms with Crippen molar-refractivity contribution >= 4 is 21.4 Å². The van der Waals surface area contributed by atoms with E-state index in [1.807, 2.05) is 14.0 Å². The summed E-state index contributed by atoms with van der Waals surface area (Å²) >= 11 is 1.54. The van der Waals surface area contributed by atoms with E-state index in [1.165, 1.54) is 12.8 Å². The van der Waals surface area contributed by atoms with Crippen LogP contribution in [-0.2, 0) is 16.6 Å². The third-order valence-corrected chi connectivity index (χ3v) is 6.33. The van der Waals surface area contributed by atoms with Crippen molar-refractivity contribution in [1.82, 2.24) is 10.0 Å². The van der Waals surface area contributed by atoms with Crippen LogP contribution in [0, 0.1) is 12.8 Å². The zero-order valence-electron chi connectivity index (χ0n) is 11.5. The molecule has 2 rings (SSSR count). The van der Waals surface area contributed by atoms with Crippen LogP contribution in [0.5, 0.6) is 0 Å². The van der Waals surface area contributed by atoms with Gasteiger partial charge < -0.3 is 5.32 Å². The molecule has 1 fully saturated rings. The smallest absolute Gasteiger partial charge is 0.241 e. The van der Waals surface area contributed by atoms with Gasteiger partial charge in [0.1, 0.15) is 0 Å². The molecule has 0 atom stereocenters. The lowest BCUT2D eigenvalue weighted by molar-refractivity contribution is 0.519. The number of hydrogen-bond acceptors (Lipinski definition) is 4. The van der Waals surface area contributed by atoms with Crippen LogP contribution in [0.3, 0.4) is 0 Å². The number of sulfonamides is 1. The zero-order valence-corrected chi connectivity index (χ0v) is 13.2. The first kappa shape index (κ1) is 15.0. The van der Waals surface area contributed by atoms with Crippen molar-refractivity contribution in [2.45, 2.75) is 44.0 Å². The van der Waals surface area contributed by atoms with E-state index in [0.29, 0.717) is 23.9 Å². The largest absolute Gasteiger partial charge is 0.315 e. The van der Waals surface area contributed by atoms with Crippen molar-refractivity contribution in [3.8, 4) is 0 Å². The van der Waals surface area contributed by atoms with Crippen molar-refractivity contribution < 1.29 is 8.42 Å². The SMILES string of the molecule is CNCc1cc(S(=O)(=O)NCC2CCCC2)c(C)s1. The summed E-state index contributed by atoms with van der Waals surface area (Å²) in [7, 11) is -1.48. The molecule has 0 aliphatic heterocycles. The van der Waals surface area contributed by atoms with E-state index in [4.69, 9.17) is 0 Å². The quantitative estimate of drug-likeness (QED) is 0.847. The normalized spacial score (nSPS) is 17.2. The highest BCUT2D eigenvalue weighted by atomic mass is 32.2. The highest BCUT2D eigenvalue weighted by Crippen LogP contribution is 2.27. The molecule has 2 N–H and O–H groups in total. The molecule has 1 aromatic rings. The molecule has 6 heteroatoms.